The summed E-state index contributed by atoms with van der Waals surface area (Å²) >= 11 is 1.44. The Morgan fingerprint density at radius 1 is 1.08 bits per heavy atom. The van der Waals surface area contributed by atoms with E-state index in [1.807, 2.05) is 46.4 Å². The normalized spacial score (nSPS) is 11.0. The molecule has 6 nitrogen and oxygen atoms in total. The van der Waals surface area contributed by atoms with Crippen molar-refractivity contribution in [3.05, 3.63) is 64.7 Å². The maximum Gasteiger partial charge on any atom is 0.251 e. The van der Waals surface area contributed by atoms with E-state index in [1.165, 1.54) is 11.3 Å². The second-order valence-corrected chi connectivity index (χ2v) is 6.69. The third-order valence-corrected chi connectivity index (χ3v) is 4.94. The van der Waals surface area contributed by atoms with E-state index in [0.29, 0.717) is 10.6 Å². The largest absolute Gasteiger partial charge is 0.389 e. The Labute approximate surface area is 153 Å². The lowest BCUT2D eigenvalue weighted by molar-refractivity contribution is 0.0963. The number of fused-ring (bicyclic) bond motifs is 1. The first-order chi connectivity index (χ1) is 12.7. The van der Waals surface area contributed by atoms with Crippen LogP contribution in [0.1, 0.15) is 15.4 Å². The highest BCUT2D eigenvalue weighted by molar-refractivity contribution is 7.09. The summed E-state index contributed by atoms with van der Waals surface area (Å²) in [5, 5.41) is 14.4. The molecule has 3 aromatic heterocycles. The number of hydrogen-bond acceptors (Lipinski definition) is 5. The van der Waals surface area contributed by atoms with Gasteiger partial charge in [0.25, 0.3) is 5.91 Å². The minimum absolute atomic E-state index is 0.0474. The van der Waals surface area contributed by atoms with Gasteiger partial charge in [-0.2, -0.15) is 0 Å². The molecule has 0 aliphatic rings. The second-order valence-electron chi connectivity index (χ2n) is 5.75. The fourth-order valence-electron chi connectivity index (χ4n) is 2.74. The van der Waals surface area contributed by atoms with Crippen molar-refractivity contribution in [1.29, 1.82) is 0 Å². The molecule has 0 saturated heterocycles. The number of aliphatic hydroxyl groups is 1. The van der Waals surface area contributed by atoms with E-state index in [4.69, 9.17) is 0 Å². The van der Waals surface area contributed by atoms with Crippen molar-refractivity contribution in [2.75, 3.05) is 7.05 Å². The van der Waals surface area contributed by atoms with Gasteiger partial charge in [-0.1, -0.05) is 12.1 Å². The molecule has 0 saturated carbocycles. The number of rotatable bonds is 4. The van der Waals surface area contributed by atoms with Crippen LogP contribution in [0, 0.1) is 0 Å². The lowest BCUT2D eigenvalue weighted by atomic mass is 10.1. The number of aromatic nitrogens is 3. The Balaban J connectivity index is 1.68. The zero-order valence-electron chi connectivity index (χ0n) is 14.0. The van der Waals surface area contributed by atoms with Crippen LogP contribution in [0.2, 0.25) is 0 Å². The van der Waals surface area contributed by atoms with Crippen molar-refractivity contribution in [3.8, 4) is 22.5 Å². The van der Waals surface area contributed by atoms with Crippen LogP contribution >= 0.6 is 11.3 Å². The zero-order chi connectivity index (χ0) is 18.1. The van der Waals surface area contributed by atoms with Crippen LogP contribution in [0.4, 0.5) is 0 Å². The van der Waals surface area contributed by atoms with E-state index < -0.39 is 0 Å². The number of benzene rings is 1. The summed E-state index contributed by atoms with van der Waals surface area (Å²) in [6, 6.07) is 11.3. The summed E-state index contributed by atoms with van der Waals surface area (Å²) in [7, 11) is 1.61. The first kappa shape index (κ1) is 16.4. The van der Waals surface area contributed by atoms with Crippen LogP contribution < -0.4 is 5.32 Å². The lowest BCUT2D eigenvalue weighted by Gasteiger charge is -2.00. The predicted molar refractivity (Wildman–Crippen MR) is 101 cm³/mol. The van der Waals surface area contributed by atoms with Gasteiger partial charge >= 0.3 is 0 Å². The molecule has 3 heterocycles. The Bertz CT molecular complexity index is 1080. The minimum atomic E-state index is -0.110. The molecular formula is C19H16N4O2S. The number of pyridine rings is 1. The van der Waals surface area contributed by atoms with E-state index in [1.54, 1.807) is 19.2 Å². The summed E-state index contributed by atoms with van der Waals surface area (Å²) in [6.07, 6.45) is 3.92. The standard InChI is InChI=1S/C19H16N4O2S/c1-20-19(25)13-4-2-12(3-5-13)15-9-23-8-14(6-7-17(23)21-15)16-11-26-18(10-24)22-16/h2-9,11,24H,10H2,1H3,(H,20,25). The van der Waals surface area contributed by atoms with E-state index in [-0.39, 0.29) is 12.5 Å². The number of hydrogen-bond donors (Lipinski definition) is 2. The molecule has 0 aliphatic carbocycles. The molecular weight excluding hydrogens is 348 g/mol. The molecule has 0 spiro atoms. The topological polar surface area (TPSA) is 79.5 Å². The summed E-state index contributed by atoms with van der Waals surface area (Å²) in [4.78, 5) is 20.7. The third kappa shape index (κ3) is 2.98. The van der Waals surface area contributed by atoms with Gasteiger partial charge in [0.2, 0.25) is 0 Å². The zero-order valence-corrected chi connectivity index (χ0v) is 14.8. The average molecular weight is 364 g/mol. The Kier molecular flexibility index (Phi) is 4.24. The number of carbonyl (C=O) groups excluding carboxylic acids is 1. The van der Waals surface area contributed by atoms with Crippen molar-refractivity contribution in [3.63, 3.8) is 0 Å². The molecule has 2 N–H and O–H groups in total. The molecule has 130 valence electrons. The summed E-state index contributed by atoms with van der Waals surface area (Å²) in [5.41, 5.74) is 5.03. The smallest absolute Gasteiger partial charge is 0.251 e. The van der Waals surface area contributed by atoms with Crippen molar-refractivity contribution < 1.29 is 9.90 Å². The van der Waals surface area contributed by atoms with E-state index >= 15 is 0 Å². The van der Waals surface area contributed by atoms with Gasteiger partial charge in [-0.05, 0) is 24.3 Å². The molecule has 0 aliphatic heterocycles. The fraction of sp³-hybridized carbons (Fsp3) is 0.105. The molecule has 4 rings (SSSR count). The van der Waals surface area contributed by atoms with Gasteiger partial charge in [0.15, 0.2) is 0 Å². The number of aliphatic hydroxyl groups excluding tert-OH is 1. The second kappa shape index (κ2) is 6.70. The quantitative estimate of drug-likeness (QED) is 0.583. The van der Waals surface area contributed by atoms with Gasteiger partial charge in [-0.15, -0.1) is 11.3 Å². The average Bonchev–Trinajstić information content (AvgIpc) is 3.33. The first-order valence-corrected chi connectivity index (χ1v) is 8.93. The molecule has 7 heteroatoms. The van der Waals surface area contributed by atoms with E-state index in [2.05, 4.69) is 15.3 Å². The van der Waals surface area contributed by atoms with Crippen LogP contribution in [-0.2, 0) is 6.61 Å². The number of amides is 1. The molecule has 0 atom stereocenters. The van der Waals surface area contributed by atoms with E-state index in [0.717, 1.165) is 28.2 Å². The van der Waals surface area contributed by atoms with Crippen molar-refractivity contribution in [2.45, 2.75) is 6.61 Å². The Hall–Kier alpha value is -3.03. The van der Waals surface area contributed by atoms with Gasteiger partial charge in [0, 0.05) is 41.5 Å². The highest BCUT2D eigenvalue weighted by Crippen LogP contribution is 2.25. The van der Waals surface area contributed by atoms with Crippen LogP contribution in [-0.4, -0.2) is 32.4 Å². The summed E-state index contributed by atoms with van der Waals surface area (Å²) in [6.45, 7) is -0.0474. The lowest BCUT2D eigenvalue weighted by Crippen LogP contribution is -2.17. The minimum Gasteiger partial charge on any atom is -0.389 e. The monoisotopic (exact) mass is 364 g/mol. The SMILES string of the molecule is CNC(=O)c1ccc(-c2cn3cc(-c4csc(CO)n4)ccc3n2)cc1. The molecule has 4 aromatic rings. The van der Waals surface area contributed by atoms with Gasteiger partial charge in [-0.3, -0.25) is 4.79 Å². The third-order valence-electron chi connectivity index (χ3n) is 4.10. The molecule has 1 amide bonds. The summed E-state index contributed by atoms with van der Waals surface area (Å²) in [5.74, 6) is -0.110. The summed E-state index contributed by atoms with van der Waals surface area (Å²) < 4.78 is 1.95. The molecule has 0 unspecified atom stereocenters. The van der Waals surface area contributed by atoms with Crippen LogP contribution in [0.25, 0.3) is 28.2 Å². The first-order valence-electron chi connectivity index (χ1n) is 8.05. The highest BCUT2D eigenvalue weighted by Gasteiger charge is 2.09. The molecule has 0 radical (unpaired) electrons. The molecule has 1 aromatic carbocycles. The fourth-order valence-corrected chi connectivity index (χ4v) is 3.40. The number of carbonyl (C=O) groups is 1. The van der Waals surface area contributed by atoms with Gasteiger partial charge < -0.3 is 14.8 Å². The van der Waals surface area contributed by atoms with Crippen LogP contribution in [0.5, 0.6) is 0 Å². The predicted octanol–water partition coefficient (Wildman–Crippen LogP) is 2.98. The maximum absolute atomic E-state index is 11.6. The number of imidazole rings is 1. The van der Waals surface area contributed by atoms with Crippen LogP contribution in [0.3, 0.4) is 0 Å². The van der Waals surface area contributed by atoms with Crippen molar-refractivity contribution in [2.24, 2.45) is 0 Å². The molecule has 0 bridgehead atoms. The molecule has 0 fully saturated rings. The highest BCUT2D eigenvalue weighted by atomic mass is 32.1. The van der Waals surface area contributed by atoms with Gasteiger partial charge in [0.1, 0.15) is 10.7 Å². The van der Waals surface area contributed by atoms with Crippen molar-refractivity contribution in [1.82, 2.24) is 19.7 Å². The number of nitrogens with zero attached hydrogens (tertiary/aromatic N) is 3. The maximum atomic E-state index is 11.6. The Morgan fingerprint density at radius 2 is 1.85 bits per heavy atom. The number of thiazole rings is 1. The van der Waals surface area contributed by atoms with Crippen LogP contribution in [0.15, 0.2) is 54.2 Å². The van der Waals surface area contributed by atoms with E-state index in [9.17, 15) is 9.90 Å². The number of nitrogens with one attached hydrogen (secondary N) is 1. The van der Waals surface area contributed by atoms with Gasteiger partial charge in [-0.25, -0.2) is 9.97 Å². The Morgan fingerprint density at radius 3 is 2.54 bits per heavy atom. The molecule has 26 heavy (non-hydrogen) atoms. The van der Waals surface area contributed by atoms with Gasteiger partial charge in [0.05, 0.1) is 18.0 Å². The van der Waals surface area contributed by atoms with Crippen molar-refractivity contribution >= 4 is 22.9 Å².